The van der Waals surface area contributed by atoms with Crippen LogP contribution in [0.25, 0.3) is 0 Å². The smallest absolute Gasteiger partial charge is 0.288 e. The molecule has 0 saturated heterocycles. The zero-order chi connectivity index (χ0) is 14.1. The molecule has 1 N–H and O–H groups in total. The molecule has 0 radical (unpaired) electrons. The van der Waals surface area contributed by atoms with Crippen molar-refractivity contribution in [3.05, 3.63) is 45.1 Å². The van der Waals surface area contributed by atoms with E-state index in [-0.39, 0.29) is 6.04 Å². The van der Waals surface area contributed by atoms with Crippen molar-refractivity contribution in [2.24, 2.45) is 0 Å². The molecule has 0 bridgehead atoms. The van der Waals surface area contributed by atoms with Gasteiger partial charge < -0.3 is 5.32 Å². The van der Waals surface area contributed by atoms with E-state index >= 15 is 0 Å². The Hall–Kier alpha value is -0.780. The monoisotopic (exact) mass is 331 g/mol. The van der Waals surface area contributed by atoms with Crippen molar-refractivity contribution in [2.45, 2.75) is 29.5 Å². The summed E-state index contributed by atoms with van der Waals surface area (Å²) in [4.78, 5) is 1.92. The first kappa shape index (κ1) is 14.2. The van der Waals surface area contributed by atoms with E-state index < -0.39 is 5.76 Å². The SMILES string of the molecule is FC(F)Sc1ccc(NC2CCc3sc(Cl)cc32)cc1. The first-order valence-electron chi connectivity index (χ1n) is 6.21. The van der Waals surface area contributed by atoms with Crippen LogP contribution >= 0.6 is 34.7 Å². The van der Waals surface area contributed by atoms with Gasteiger partial charge in [0, 0.05) is 15.5 Å². The summed E-state index contributed by atoms with van der Waals surface area (Å²) in [7, 11) is 0. The summed E-state index contributed by atoms with van der Waals surface area (Å²) < 4.78 is 25.3. The summed E-state index contributed by atoms with van der Waals surface area (Å²) in [5.41, 5.74) is 2.22. The van der Waals surface area contributed by atoms with Crippen LogP contribution in [-0.4, -0.2) is 5.76 Å². The molecule has 106 valence electrons. The first-order valence-corrected chi connectivity index (χ1v) is 8.29. The summed E-state index contributed by atoms with van der Waals surface area (Å²) in [6.45, 7) is 0. The lowest BCUT2D eigenvalue weighted by Gasteiger charge is -2.14. The third-order valence-corrected chi connectivity index (χ3v) is 5.33. The Kier molecular flexibility index (Phi) is 4.19. The van der Waals surface area contributed by atoms with Crippen molar-refractivity contribution in [3.8, 4) is 0 Å². The lowest BCUT2D eigenvalue weighted by Crippen LogP contribution is -2.06. The van der Waals surface area contributed by atoms with Crippen LogP contribution in [-0.2, 0) is 6.42 Å². The van der Waals surface area contributed by atoms with E-state index in [1.807, 2.05) is 18.2 Å². The van der Waals surface area contributed by atoms with Crippen molar-refractivity contribution < 1.29 is 8.78 Å². The highest BCUT2D eigenvalue weighted by molar-refractivity contribution is 7.99. The standard InChI is InChI=1S/C14H12ClF2NS2/c15-13-7-10-11(5-6-12(10)20-13)18-8-1-3-9(4-2-8)19-14(16)17/h1-4,7,11,14,18H,5-6H2. The minimum atomic E-state index is -2.38. The number of thiophene rings is 1. The predicted molar refractivity (Wildman–Crippen MR) is 82.3 cm³/mol. The van der Waals surface area contributed by atoms with Crippen molar-refractivity contribution in [2.75, 3.05) is 5.32 Å². The van der Waals surface area contributed by atoms with Gasteiger partial charge >= 0.3 is 0 Å². The fourth-order valence-electron chi connectivity index (χ4n) is 2.41. The van der Waals surface area contributed by atoms with E-state index in [0.717, 1.165) is 22.9 Å². The number of rotatable bonds is 4. The maximum atomic E-state index is 12.3. The molecule has 6 heteroatoms. The molecule has 1 aliphatic carbocycles. The maximum absolute atomic E-state index is 12.3. The van der Waals surface area contributed by atoms with Gasteiger partial charge in [-0.15, -0.1) is 11.3 Å². The molecular formula is C14H12ClF2NS2. The summed E-state index contributed by atoms with van der Waals surface area (Å²) in [5.74, 6) is -2.38. The lowest BCUT2D eigenvalue weighted by atomic mass is 10.1. The third-order valence-electron chi connectivity index (χ3n) is 3.27. The Morgan fingerprint density at radius 3 is 2.75 bits per heavy atom. The third kappa shape index (κ3) is 3.10. The van der Waals surface area contributed by atoms with Crippen molar-refractivity contribution >= 4 is 40.4 Å². The fraction of sp³-hybridized carbons (Fsp3) is 0.286. The Balaban J connectivity index is 1.69. The summed E-state index contributed by atoms with van der Waals surface area (Å²) in [6.07, 6.45) is 2.09. The minimum Gasteiger partial charge on any atom is -0.378 e. The van der Waals surface area contributed by atoms with E-state index in [4.69, 9.17) is 11.6 Å². The zero-order valence-corrected chi connectivity index (χ0v) is 12.8. The number of thioether (sulfide) groups is 1. The van der Waals surface area contributed by atoms with Gasteiger partial charge in [0.1, 0.15) is 0 Å². The van der Waals surface area contributed by atoms with E-state index in [2.05, 4.69) is 5.32 Å². The van der Waals surface area contributed by atoms with Crippen LogP contribution in [0.5, 0.6) is 0 Å². The van der Waals surface area contributed by atoms with Gasteiger partial charge in [-0.2, -0.15) is 8.78 Å². The Bertz CT molecular complexity index is 598. The van der Waals surface area contributed by atoms with Gasteiger partial charge in [0.15, 0.2) is 0 Å². The quantitative estimate of drug-likeness (QED) is 0.709. The molecule has 1 heterocycles. The molecule has 2 aromatic rings. The van der Waals surface area contributed by atoms with Crippen LogP contribution < -0.4 is 5.32 Å². The average molecular weight is 332 g/mol. The number of halogens is 3. The molecule has 0 amide bonds. The molecular weight excluding hydrogens is 320 g/mol. The molecule has 1 nitrogen and oxygen atoms in total. The van der Waals surface area contributed by atoms with Gasteiger partial charge in [-0.3, -0.25) is 0 Å². The van der Waals surface area contributed by atoms with E-state index in [0.29, 0.717) is 16.7 Å². The number of hydrogen-bond acceptors (Lipinski definition) is 3. The van der Waals surface area contributed by atoms with E-state index in [1.54, 1.807) is 23.5 Å². The molecule has 0 fully saturated rings. The molecule has 1 unspecified atom stereocenters. The summed E-state index contributed by atoms with van der Waals surface area (Å²) >= 11 is 8.24. The molecule has 1 aromatic carbocycles. The number of fused-ring (bicyclic) bond motifs is 1. The van der Waals surface area contributed by atoms with Gasteiger partial charge in [0.2, 0.25) is 0 Å². The molecule has 1 atom stereocenters. The van der Waals surface area contributed by atoms with Gasteiger partial charge in [0.05, 0.1) is 10.4 Å². The minimum absolute atomic E-state index is 0.266. The molecule has 1 aliphatic rings. The highest BCUT2D eigenvalue weighted by atomic mass is 35.5. The van der Waals surface area contributed by atoms with Crippen LogP contribution in [0.15, 0.2) is 35.2 Å². The second-order valence-electron chi connectivity index (χ2n) is 4.57. The highest BCUT2D eigenvalue weighted by Crippen LogP contribution is 2.41. The topological polar surface area (TPSA) is 12.0 Å². The lowest BCUT2D eigenvalue weighted by molar-refractivity contribution is 0.252. The number of hydrogen-bond donors (Lipinski definition) is 1. The molecule has 1 aromatic heterocycles. The first-order chi connectivity index (χ1) is 9.61. The molecule has 0 saturated carbocycles. The van der Waals surface area contributed by atoms with Crippen molar-refractivity contribution in [1.82, 2.24) is 0 Å². The normalized spacial score (nSPS) is 17.5. The average Bonchev–Trinajstić information content (AvgIpc) is 2.92. The second-order valence-corrected chi connectivity index (χ2v) is 7.40. The van der Waals surface area contributed by atoms with Crippen LogP contribution in [0.3, 0.4) is 0 Å². The highest BCUT2D eigenvalue weighted by Gasteiger charge is 2.24. The predicted octanol–water partition coefficient (Wildman–Crippen LogP) is 5.82. The van der Waals surface area contributed by atoms with Gasteiger partial charge in [-0.05, 0) is 48.7 Å². The van der Waals surface area contributed by atoms with Crippen LogP contribution in [0.1, 0.15) is 22.9 Å². The Morgan fingerprint density at radius 1 is 1.30 bits per heavy atom. The number of benzene rings is 1. The van der Waals surface area contributed by atoms with Crippen molar-refractivity contribution in [3.63, 3.8) is 0 Å². The van der Waals surface area contributed by atoms with E-state index in [1.165, 1.54) is 10.4 Å². The molecule has 0 spiro atoms. The van der Waals surface area contributed by atoms with Gasteiger partial charge in [-0.1, -0.05) is 23.4 Å². The molecule has 20 heavy (non-hydrogen) atoms. The maximum Gasteiger partial charge on any atom is 0.288 e. The Morgan fingerprint density at radius 2 is 2.05 bits per heavy atom. The molecule has 3 rings (SSSR count). The number of alkyl halides is 2. The zero-order valence-electron chi connectivity index (χ0n) is 10.4. The summed E-state index contributed by atoms with van der Waals surface area (Å²) in [6, 6.07) is 9.41. The van der Waals surface area contributed by atoms with Crippen LogP contribution in [0, 0.1) is 0 Å². The van der Waals surface area contributed by atoms with Crippen LogP contribution in [0.4, 0.5) is 14.5 Å². The van der Waals surface area contributed by atoms with Crippen LogP contribution in [0.2, 0.25) is 4.34 Å². The molecule has 0 aliphatic heterocycles. The van der Waals surface area contributed by atoms with E-state index in [9.17, 15) is 8.78 Å². The van der Waals surface area contributed by atoms with Crippen molar-refractivity contribution in [1.29, 1.82) is 0 Å². The number of aryl methyl sites for hydroxylation is 1. The fourth-order valence-corrected chi connectivity index (χ4v) is 4.27. The second kappa shape index (κ2) is 5.92. The largest absolute Gasteiger partial charge is 0.378 e. The number of anilines is 1. The van der Waals surface area contributed by atoms with Gasteiger partial charge in [0.25, 0.3) is 5.76 Å². The number of nitrogens with one attached hydrogen (secondary N) is 1. The Labute approximate surface area is 129 Å². The van der Waals surface area contributed by atoms with Gasteiger partial charge in [-0.25, -0.2) is 0 Å². The summed E-state index contributed by atoms with van der Waals surface area (Å²) in [5, 5.41) is 3.44.